The molecule has 3 rings (SSSR count). The number of rotatable bonds is 10. The SMILES string of the molecule is COc1ccccc1C(CCc1ccncc1)(NCCc1cccnc1)C(N)=O. The lowest BCUT2D eigenvalue weighted by atomic mass is 9.82. The molecule has 0 radical (unpaired) electrons. The molecule has 1 amide bonds. The third-order valence-corrected chi connectivity index (χ3v) is 5.09. The topological polar surface area (TPSA) is 90.1 Å². The molecule has 6 nitrogen and oxygen atoms in total. The van der Waals surface area contributed by atoms with Crippen LogP contribution in [0, 0.1) is 0 Å². The fraction of sp³-hybridized carbons (Fsp3) is 0.261. The monoisotopic (exact) mass is 390 g/mol. The number of hydrogen-bond donors (Lipinski definition) is 2. The number of nitrogens with two attached hydrogens (primary N) is 1. The Kier molecular flexibility index (Phi) is 6.92. The van der Waals surface area contributed by atoms with Gasteiger partial charge in [-0.25, -0.2) is 0 Å². The summed E-state index contributed by atoms with van der Waals surface area (Å²) < 4.78 is 5.55. The van der Waals surface area contributed by atoms with Gasteiger partial charge >= 0.3 is 0 Å². The summed E-state index contributed by atoms with van der Waals surface area (Å²) in [6.45, 7) is 0.572. The number of methoxy groups -OCH3 is 1. The molecule has 0 spiro atoms. The summed E-state index contributed by atoms with van der Waals surface area (Å²) in [5.41, 5.74) is 7.86. The molecule has 0 bridgehead atoms. The first-order chi connectivity index (χ1) is 14.2. The van der Waals surface area contributed by atoms with Gasteiger partial charge in [-0.1, -0.05) is 24.3 Å². The first-order valence-electron chi connectivity index (χ1n) is 9.62. The van der Waals surface area contributed by atoms with Crippen molar-refractivity contribution in [3.8, 4) is 5.75 Å². The molecule has 0 saturated carbocycles. The van der Waals surface area contributed by atoms with E-state index in [9.17, 15) is 4.79 Å². The summed E-state index contributed by atoms with van der Waals surface area (Å²) in [6.07, 6.45) is 8.97. The summed E-state index contributed by atoms with van der Waals surface area (Å²) in [6, 6.07) is 15.3. The number of pyridine rings is 2. The molecule has 0 aliphatic carbocycles. The van der Waals surface area contributed by atoms with E-state index < -0.39 is 11.4 Å². The van der Waals surface area contributed by atoms with Crippen LogP contribution in [-0.4, -0.2) is 29.5 Å². The lowest BCUT2D eigenvalue weighted by Gasteiger charge is -2.34. The van der Waals surface area contributed by atoms with Crippen molar-refractivity contribution < 1.29 is 9.53 Å². The van der Waals surface area contributed by atoms with Crippen molar-refractivity contribution in [3.05, 3.63) is 90.0 Å². The zero-order valence-electron chi connectivity index (χ0n) is 16.5. The van der Waals surface area contributed by atoms with E-state index in [-0.39, 0.29) is 0 Å². The van der Waals surface area contributed by atoms with Crippen LogP contribution in [0.5, 0.6) is 5.75 Å². The van der Waals surface area contributed by atoms with Gasteiger partial charge in [0.2, 0.25) is 5.91 Å². The van der Waals surface area contributed by atoms with E-state index in [1.807, 2.05) is 54.7 Å². The van der Waals surface area contributed by atoms with Gasteiger partial charge in [0.15, 0.2) is 0 Å². The molecule has 1 unspecified atom stereocenters. The predicted octanol–water partition coefficient (Wildman–Crippen LogP) is 2.63. The van der Waals surface area contributed by atoms with Crippen LogP contribution in [0.4, 0.5) is 0 Å². The van der Waals surface area contributed by atoms with Crippen molar-refractivity contribution in [3.63, 3.8) is 0 Å². The number of nitrogens with one attached hydrogen (secondary N) is 1. The predicted molar refractivity (Wildman–Crippen MR) is 112 cm³/mol. The van der Waals surface area contributed by atoms with E-state index in [4.69, 9.17) is 10.5 Å². The number of carbonyl (C=O) groups excluding carboxylic acids is 1. The van der Waals surface area contributed by atoms with Crippen molar-refractivity contribution in [1.29, 1.82) is 0 Å². The normalized spacial score (nSPS) is 12.9. The van der Waals surface area contributed by atoms with Crippen LogP contribution < -0.4 is 15.8 Å². The zero-order valence-corrected chi connectivity index (χ0v) is 16.5. The number of carbonyl (C=O) groups is 1. The maximum atomic E-state index is 12.8. The molecule has 3 aromatic rings. The van der Waals surface area contributed by atoms with E-state index in [2.05, 4.69) is 15.3 Å². The number of ether oxygens (including phenoxy) is 1. The molecule has 2 heterocycles. The lowest BCUT2D eigenvalue weighted by molar-refractivity contribution is -0.125. The minimum Gasteiger partial charge on any atom is -0.496 e. The first kappa shape index (κ1) is 20.5. The maximum absolute atomic E-state index is 12.8. The van der Waals surface area contributed by atoms with Gasteiger partial charge in [-0.3, -0.25) is 20.1 Å². The fourth-order valence-corrected chi connectivity index (χ4v) is 3.51. The van der Waals surface area contributed by atoms with E-state index in [1.165, 1.54) is 0 Å². The Bertz CT molecular complexity index is 918. The van der Waals surface area contributed by atoms with Gasteiger partial charge < -0.3 is 10.5 Å². The molecule has 0 fully saturated rings. The fourth-order valence-electron chi connectivity index (χ4n) is 3.51. The second kappa shape index (κ2) is 9.80. The largest absolute Gasteiger partial charge is 0.496 e. The Morgan fingerprint density at radius 1 is 1.00 bits per heavy atom. The highest BCUT2D eigenvalue weighted by Gasteiger charge is 2.39. The summed E-state index contributed by atoms with van der Waals surface area (Å²) in [5, 5.41) is 3.44. The Morgan fingerprint density at radius 3 is 2.48 bits per heavy atom. The van der Waals surface area contributed by atoms with Gasteiger partial charge in [0.05, 0.1) is 7.11 Å². The van der Waals surface area contributed by atoms with Crippen molar-refractivity contribution in [2.45, 2.75) is 24.8 Å². The van der Waals surface area contributed by atoms with Gasteiger partial charge in [-0.05, 0) is 54.7 Å². The summed E-state index contributed by atoms with van der Waals surface area (Å²) in [4.78, 5) is 21.0. The minimum absolute atomic E-state index is 0.428. The number of primary amides is 1. The van der Waals surface area contributed by atoms with E-state index in [0.717, 1.165) is 23.1 Å². The molecule has 2 aromatic heterocycles. The smallest absolute Gasteiger partial charge is 0.242 e. The molecule has 0 aliphatic rings. The first-order valence-corrected chi connectivity index (χ1v) is 9.62. The molecule has 1 atom stereocenters. The number of hydrogen-bond acceptors (Lipinski definition) is 5. The molecule has 1 aromatic carbocycles. The number of para-hydroxylation sites is 1. The Hall–Kier alpha value is -3.25. The van der Waals surface area contributed by atoms with E-state index in [1.54, 1.807) is 25.7 Å². The van der Waals surface area contributed by atoms with Crippen LogP contribution in [0.2, 0.25) is 0 Å². The second-order valence-corrected chi connectivity index (χ2v) is 6.86. The number of aryl methyl sites for hydroxylation is 1. The average Bonchev–Trinajstić information content (AvgIpc) is 2.77. The van der Waals surface area contributed by atoms with Gasteiger partial charge in [0.25, 0.3) is 0 Å². The minimum atomic E-state index is -1.06. The summed E-state index contributed by atoms with van der Waals surface area (Å²) in [7, 11) is 1.60. The molecule has 3 N–H and O–H groups in total. The molecule has 0 saturated heterocycles. The van der Waals surface area contributed by atoms with E-state index in [0.29, 0.717) is 25.1 Å². The van der Waals surface area contributed by atoms with Crippen LogP contribution in [0.15, 0.2) is 73.3 Å². The molecular weight excluding hydrogens is 364 g/mol. The highest BCUT2D eigenvalue weighted by atomic mass is 16.5. The molecular formula is C23H26N4O2. The molecule has 150 valence electrons. The van der Waals surface area contributed by atoms with Crippen molar-refractivity contribution >= 4 is 5.91 Å². The second-order valence-electron chi connectivity index (χ2n) is 6.86. The van der Waals surface area contributed by atoms with Crippen LogP contribution in [0.3, 0.4) is 0 Å². The van der Waals surface area contributed by atoms with E-state index >= 15 is 0 Å². The van der Waals surface area contributed by atoms with Gasteiger partial charge in [0, 0.05) is 36.9 Å². The third kappa shape index (κ3) is 4.97. The number of amides is 1. The molecule has 0 aliphatic heterocycles. The lowest BCUT2D eigenvalue weighted by Crippen LogP contribution is -2.53. The summed E-state index contributed by atoms with van der Waals surface area (Å²) in [5.74, 6) is 0.206. The highest BCUT2D eigenvalue weighted by molar-refractivity contribution is 5.87. The van der Waals surface area contributed by atoms with Crippen molar-refractivity contribution in [2.24, 2.45) is 5.73 Å². The zero-order chi connectivity index (χ0) is 20.5. The molecule has 29 heavy (non-hydrogen) atoms. The number of benzene rings is 1. The Labute approximate surface area is 171 Å². The van der Waals surface area contributed by atoms with Crippen LogP contribution in [0.25, 0.3) is 0 Å². The number of aromatic nitrogens is 2. The molecule has 6 heteroatoms. The maximum Gasteiger partial charge on any atom is 0.242 e. The van der Waals surface area contributed by atoms with Crippen LogP contribution >= 0.6 is 0 Å². The van der Waals surface area contributed by atoms with Gasteiger partial charge in [0.1, 0.15) is 11.3 Å². The Balaban J connectivity index is 1.89. The van der Waals surface area contributed by atoms with Gasteiger partial charge in [-0.2, -0.15) is 0 Å². The van der Waals surface area contributed by atoms with Crippen LogP contribution in [0.1, 0.15) is 23.1 Å². The van der Waals surface area contributed by atoms with Gasteiger partial charge in [-0.15, -0.1) is 0 Å². The average molecular weight is 390 g/mol. The third-order valence-electron chi connectivity index (χ3n) is 5.09. The Morgan fingerprint density at radius 2 is 1.79 bits per heavy atom. The highest BCUT2D eigenvalue weighted by Crippen LogP contribution is 2.34. The van der Waals surface area contributed by atoms with Crippen molar-refractivity contribution in [2.75, 3.05) is 13.7 Å². The summed E-state index contributed by atoms with van der Waals surface area (Å²) >= 11 is 0. The number of nitrogens with zero attached hydrogens (tertiary/aromatic N) is 2. The van der Waals surface area contributed by atoms with Crippen molar-refractivity contribution in [1.82, 2.24) is 15.3 Å². The standard InChI is InChI=1S/C23H26N4O2/c1-29-21-7-3-2-6-20(21)23(22(24)28,12-8-18-9-14-25-15-10-18)27-16-11-19-5-4-13-26-17-19/h2-7,9-10,13-15,17,27H,8,11-12,16H2,1H3,(H2,24,28). The quantitative estimate of drug-likeness (QED) is 0.555. The van der Waals surface area contributed by atoms with Crippen LogP contribution in [-0.2, 0) is 23.2 Å².